The van der Waals surface area contributed by atoms with Crippen LogP contribution in [0.3, 0.4) is 0 Å². The summed E-state index contributed by atoms with van der Waals surface area (Å²) in [6.07, 6.45) is 3.33. The molecule has 1 N–H and O–H groups in total. The maximum atomic E-state index is 13.4. The van der Waals surface area contributed by atoms with Crippen LogP contribution in [0.5, 0.6) is 0 Å². The Kier molecular flexibility index (Phi) is 5.33. The molecule has 4 heteroatoms. The molecule has 21 heavy (non-hydrogen) atoms. The number of halogens is 2. The van der Waals surface area contributed by atoms with Crippen molar-refractivity contribution in [2.24, 2.45) is 0 Å². The fourth-order valence-corrected chi connectivity index (χ4v) is 3.03. The van der Waals surface area contributed by atoms with Crippen molar-refractivity contribution in [3.05, 3.63) is 35.4 Å². The largest absolute Gasteiger partial charge is 0.311 e. The summed E-state index contributed by atoms with van der Waals surface area (Å²) in [5.74, 6) is -1.54. The highest BCUT2D eigenvalue weighted by Crippen LogP contribution is 2.26. The Morgan fingerprint density at radius 1 is 1.29 bits per heavy atom. The molecular formula is C17H26F2N2. The molecule has 2 rings (SSSR count). The first-order valence-corrected chi connectivity index (χ1v) is 7.91. The fourth-order valence-electron chi connectivity index (χ4n) is 3.03. The molecule has 2 unspecified atom stereocenters. The van der Waals surface area contributed by atoms with Crippen molar-refractivity contribution in [2.75, 3.05) is 13.1 Å². The van der Waals surface area contributed by atoms with E-state index in [4.69, 9.17) is 0 Å². The van der Waals surface area contributed by atoms with Gasteiger partial charge in [0, 0.05) is 31.2 Å². The summed E-state index contributed by atoms with van der Waals surface area (Å²) in [4.78, 5) is 2.41. The molecule has 0 bridgehead atoms. The number of nitrogens with one attached hydrogen (secondary N) is 1. The van der Waals surface area contributed by atoms with Crippen LogP contribution in [-0.4, -0.2) is 29.6 Å². The molecule has 0 aliphatic carbocycles. The summed E-state index contributed by atoms with van der Waals surface area (Å²) >= 11 is 0. The minimum atomic E-state index is -0.777. The van der Waals surface area contributed by atoms with Gasteiger partial charge >= 0.3 is 0 Å². The summed E-state index contributed by atoms with van der Waals surface area (Å²) in [5, 5.41) is 3.62. The van der Waals surface area contributed by atoms with Crippen LogP contribution in [0.2, 0.25) is 0 Å². The number of benzene rings is 1. The average molecular weight is 296 g/mol. The quantitative estimate of drug-likeness (QED) is 0.891. The lowest BCUT2D eigenvalue weighted by Crippen LogP contribution is -2.62. The number of hydrogen-bond donors (Lipinski definition) is 1. The zero-order chi connectivity index (χ0) is 15.5. The second-order valence-electron chi connectivity index (χ2n) is 6.35. The Morgan fingerprint density at radius 2 is 2.05 bits per heavy atom. The molecule has 1 aliphatic rings. The third kappa shape index (κ3) is 3.80. The van der Waals surface area contributed by atoms with Gasteiger partial charge in [0.15, 0.2) is 11.6 Å². The monoisotopic (exact) mass is 296 g/mol. The maximum absolute atomic E-state index is 13.4. The minimum Gasteiger partial charge on any atom is -0.311 e. The molecule has 1 fully saturated rings. The number of piperazine rings is 1. The molecule has 0 spiro atoms. The van der Waals surface area contributed by atoms with Gasteiger partial charge in [-0.15, -0.1) is 0 Å². The maximum Gasteiger partial charge on any atom is 0.159 e. The fraction of sp³-hybridized carbons (Fsp3) is 0.647. The predicted octanol–water partition coefficient (Wildman–Crippen LogP) is 3.71. The summed E-state index contributed by atoms with van der Waals surface area (Å²) in [7, 11) is 0. The molecule has 0 amide bonds. The van der Waals surface area contributed by atoms with Gasteiger partial charge in [-0.25, -0.2) is 8.78 Å². The highest BCUT2D eigenvalue weighted by molar-refractivity contribution is 5.18. The highest BCUT2D eigenvalue weighted by Gasteiger charge is 2.35. The molecule has 118 valence electrons. The molecule has 1 aliphatic heterocycles. The van der Waals surface area contributed by atoms with E-state index < -0.39 is 11.6 Å². The molecule has 1 saturated heterocycles. The van der Waals surface area contributed by atoms with Crippen LogP contribution in [0.1, 0.15) is 45.6 Å². The van der Waals surface area contributed by atoms with Gasteiger partial charge in [0.25, 0.3) is 0 Å². The molecule has 2 atom stereocenters. The molecule has 1 aromatic carbocycles. The van der Waals surface area contributed by atoms with Gasteiger partial charge in [-0.05, 0) is 37.5 Å². The molecule has 1 aromatic rings. The van der Waals surface area contributed by atoms with Crippen LogP contribution in [-0.2, 0) is 6.54 Å². The Balaban J connectivity index is 2.13. The van der Waals surface area contributed by atoms with Crippen molar-refractivity contribution in [3.8, 4) is 0 Å². The van der Waals surface area contributed by atoms with Crippen LogP contribution in [0.15, 0.2) is 18.2 Å². The summed E-state index contributed by atoms with van der Waals surface area (Å²) in [6, 6.07) is 4.72. The topological polar surface area (TPSA) is 15.3 Å². The van der Waals surface area contributed by atoms with Gasteiger partial charge in [-0.2, -0.15) is 0 Å². The number of hydrogen-bond acceptors (Lipinski definition) is 2. The molecule has 0 aromatic heterocycles. The zero-order valence-electron chi connectivity index (χ0n) is 13.3. The lowest BCUT2D eigenvalue weighted by Gasteiger charge is -2.48. The molecule has 0 radical (unpaired) electrons. The van der Waals surface area contributed by atoms with E-state index in [0.717, 1.165) is 37.9 Å². The SMILES string of the molecule is CCCC1CN(Cc2ccc(F)c(F)c2)C(C)(CC)CN1. The standard InChI is InChI=1S/C17H26F2N2/c1-4-6-14-11-21(17(3,5-2)12-20-14)10-13-7-8-15(18)16(19)9-13/h7-9,14,20H,4-6,10-12H2,1-3H3. The normalized spacial score (nSPS) is 27.0. The van der Waals surface area contributed by atoms with Gasteiger partial charge < -0.3 is 5.32 Å². The zero-order valence-corrected chi connectivity index (χ0v) is 13.3. The number of rotatable bonds is 5. The Labute approximate surface area is 126 Å². The molecule has 2 nitrogen and oxygen atoms in total. The van der Waals surface area contributed by atoms with E-state index >= 15 is 0 Å². The van der Waals surface area contributed by atoms with Crippen molar-refractivity contribution < 1.29 is 8.78 Å². The lowest BCUT2D eigenvalue weighted by molar-refractivity contribution is 0.0396. The molecule has 0 saturated carbocycles. The lowest BCUT2D eigenvalue weighted by atomic mass is 9.90. The Morgan fingerprint density at radius 3 is 2.67 bits per heavy atom. The van der Waals surface area contributed by atoms with Gasteiger partial charge in [0.1, 0.15) is 0 Å². The van der Waals surface area contributed by atoms with Crippen LogP contribution in [0, 0.1) is 11.6 Å². The van der Waals surface area contributed by atoms with E-state index in [9.17, 15) is 8.78 Å². The molecule has 1 heterocycles. The Hall–Kier alpha value is -1.00. The van der Waals surface area contributed by atoms with Crippen molar-refractivity contribution in [1.82, 2.24) is 10.2 Å². The second-order valence-corrected chi connectivity index (χ2v) is 6.35. The van der Waals surface area contributed by atoms with Crippen LogP contribution >= 0.6 is 0 Å². The predicted molar refractivity (Wildman–Crippen MR) is 82.2 cm³/mol. The van der Waals surface area contributed by atoms with Crippen molar-refractivity contribution in [2.45, 2.75) is 58.2 Å². The van der Waals surface area contributed by atoms with E-state index in [1.165, 1.54) is 12.1 Å². The molecular weight excluding hydrogens is 270 g/mol. The first-order chi connectivity index (χ1) is 9.98. The van der Waals surface area contributed by atoms with E-state index in [2.05, 4.69) is 31.0 Å². The summed E-state index contributed by atoms with van der Waals surface area (Å²) in [5.41, 5.74) is 0.903. The van der Waals surface area contributed by atoms with Crippen molar-refractivity contribution in [1.29, 1.82) is 0 Å². The van der Waals surface area contributed by atoms with Crippen molar-refractivity contribution >= 4 is 0 Å². The smallest absolute Gasteiger partial charge is 0.159 e. The third-order valence-electron chi connectivity index (χ3n) is 4.73. The van der Waals surface area contributed by atoms with Gasteiger partial charge in [-0.1, -0.05) is 26.3 Å². The van der Waals surface area contributed by atoms with Gasteiger partial charge in [-0.3, -0.25) is 4.90 Å². The third-order valence-corrected chi connectivity index (χ3v) is 4.73. The van der Waals surface area contributed by atoms with E-state index in [0.29, 0.717) is 12.6 Å². The van der Waals surface area contributed by atoms with E-state index in [-0.39, 0.29) is 5.54 Å². The summed E-state index contributed by atoms with van der Waals surface area (Å²) < 4.78 is 26.5. The number of nitrogens with zero attached hydrogens (tertiary/aromatic N) is 1. The van der Waals surface area contributed by atoms with Crippen LogP contribution < -0.4 is 5.32 Å². The van der Waals surface area contributed by atoms with Gasteiger partial charge in [0.2, 0.25) is 0 Å². The minimum absolute atomic E-state index is 0.0646. The van der Waals surface area contributed by atoms with Crippen molar-refractivity contribution in [3.63, 3.8) is 0 Å². The average Bonchev–Trinajstić information content (AvgIpc) is 2.47. The summed E-state index contributed by atoms with van der Waals surface area (Å²) in [6.45, 7) is 9.18. The van der Waals surface area contributed by atoms with Gasteiger partial charge in [0.05, 0.1) is 0 Å². The first-order valence-electron chi connectivity index (χ1n) is 7.91. The second kappa shape index (κ2) is 6.84. The Bertz CT molecular complexity index is 478. The van der Waals surface area contributed by atoms with E-state index in [1.54, 1.807) is 6.07 Å². The van der Waals surface area contributed by atoms with Crippen LogP contribution in [0.25, 0.3) is 0 Å². The van der Waals surface area contributed by atoms with E-state index in [1.807, 2.05) is 0 Å². The van der Waals surface area contributed by atoms with Crippen LogP contribution in [0.4, 0.5) is 8.78 Å². The highest BCUT2D eigenvalue weighted by atomic mass is 19.2. The first kappa shape index (κ1) is 16.4.